The number of aromatic nitrogens is 1. The summed E-state index contributed by atoms with van der Waals surface area (Å²) in [5.74, 6) is -0.213. The fourth-order valence-corrected chi connectivity index (χ4v) is 4.22. The van der Waals surface area contributed by atoms with Gasteiger partial charge in [-0.15, -0.1) is 0 Å². The highest BCUT2D eigenvalue weighted by Crippen LogP contribution is 2.38. The van der Waals surface area contributed by atoms with E-state index < -0.39 is 23.2 Å². The van der Waals surface area contributed by atoms with Gasteiger partial charge in [0, 0.05) is 11.3 Å². The molecule has 1 N–H and O–H groups in total. The summed E-state index contributed by atoms with van der Waals surface area (Å²) in [6.07, 6.45) is -4.79. The maximum absolute atomic E-state index is 13.8. The summed E-state index contributed by atoms with van der Waals surface area (Å²) >= 11 is 0.751. The summed E-state index contributed by atoms with van der Waals surface area (Å²) < 4.78 is 46.5. The molecule has 7 nitrogen and oxygen atoms in total. The highest BCUT2D eigenvalue weighted by Gasteiger charge is 2.36. The van der Waals surface area contributed by atoms with Crippen LogP contribution in [0.4, 0.5) is 30.2 Å². The molecule has 0 saturated carbocycles. The van der Waals surface area contributed by atoms with E-state index in [4.69, 9.17) is 4.74 Å². The Hall–Kier alpha value is -4.69. The molecule has 0 spiro atoms. The smallest absolute Gasteiger partial charge is 0.417 e. The van der Waals surface area contributed by atoms with Crippen molar-refractivity contribution in [2.75, 3.05) is 18.2 Å². The quantitative estimate of drug-likeness (QED) is 0.179. The zero-order valence-corrected chi connectivity index (χ0v) is 21.3. The van der Waals surface area contributed by atoms with E-state index in [0.29, 0.717) is 28.4 Å². The SMILES string of the molecule is COc1ccc(-c2cc(C(F)(F)F)c(C#N)c(SCC(=O)Nc3ccc(N=Nc4ccccc4)cc3)n2)cc1. The molecule has 1 heterocycles. The third kappa shape index (κ3) is 7.21. The van der Waals surface area contributed by atoms with Crippen molar-refractivity contribution in [2.24, 2.45) is 10.2 Å². The van der Waals surface area contributed by atoms with Gasteiger partial charge >= 0.3 is 6.18 Å². The van der Waals surface area contributed by atoms with Gasteiger partial charge in [-0.05, 0) is 66.7 Å². The summed E-state index contributed by atoms with van der Waals surface area (Å²) in [4.78, 5) is 16.8. The monoisotopic (exact) mass is 547 g/mol. The first-order valence-electron chi connectivity index (χ1n) is 11.4. The predicted octanol–water partition coefficient (Wildman–Crippen LogP) is 7.79. The number of hydrogen-bond donors (Lipinski definition) is 1. The molecule has 0 aliphatic heterocycles. The third-order valence-electron chi connectivity index (χ3n) is 5.32. The van der Waals surface area contributed by atoms with E-state index in [1.54, 1.807) is 54.6 Å². The third-order valence-corrected chi connectivity index (χ3v) is 6.29. The number of nitrogens with zero attached hydrogens (tertiary/aromatic N) is 4. The van der Waals surface area contributed by atoms with Crippen LogP contribution in [0.5, 0.6) is 5.75 Å². The molecule has 39 heavy (non-hydrogen) atoms. The van der Waals surface area contributed by atoms with E-state index in [9.17, 15) is 23.2 Å². The van der Waals surface area contributed by atoms with Crippen molar-refractivity contribution < 1.29 is 22.7 Å². The van der Waals surface area contributed by atoms with Crippen LogP contribution >= 0.6 is 11.8 Å². The topological polar surface area (TPSA) is 99.7 Å². The van der Waals surface area contributed by atoms with Crippen LogP contribution in [0, 0.1) is 11.3 Å². The Balaban J connectivity index is 1.48. The zero-order valence-electron chi connectivity index (χ0n) is 20.4. The molecule has 1 amide bonds. The second-order valence-corrected chi connectivity index (χ2v) is 8.96. The van der Waals surface area contributed by atoms with Crippen molar-refractivity contribution in [3.8, 4) is 23.1 Å². The van der Waals surface area contributed by atoms with Crippen LogP contribution in [0.3, 0.4) is 0 Å². The minimum Gasteiger partial charge on any atom is -0.497 e. The molecule has 0 saturated heterocycles. The van der Waals surface area contributed by atoms with Gasteiger partial charge in [0.2, 0.25) is 5.91 Å². The summed E-state index contributed by atoms with van der Waals surface area (Å²) in [6, 6.07) is 24.5. The number of methoxy groups -OCH3 is 1. The number of alkyl halides is 3. The lowest BCUT2D eigenvalue weighted by atomic mass is 10.1. The normalized spacial score (nSPS) is 11.3. The number of carbonyl (C=O) groups is 1. The zero-order chi connectivity index (χ0) is 27.8. The van der Waals surface area contributed by atoms with E-state index in [2.05, 4.69) is 20.5 Å². The van der Waals surface area contributed by atoms with Crippen molar-refractivity contribution in [3.63, 3.8) is 0 Å². The standard InChI is InChI=1S/C28H20F3N5O2S/c1-38-22-13-7-18(8-14-22)25-15-24(28(29,30)31)23(16-32)27(34-25)39-17-26(37)33-19-9-11-21(12-10-19)36-35-20-5-3-2-4-6-20/h2-15H,17H2,1H3,(H,33,37). The summed E-state index contributed by atoms with van der Waals surface area (Å²) in [7, 11) is 1.47. The van der Waals surface area contributed by atoms with Crippen LogP contribution in [0.15, 0.2) is 100 Å². The van der Waals surface area contributed by atoms with E-state index in [-0.39, 0.29) is 16.5 Å². The van der Waals surface area contributed by atoms with Gasteiger partial charge in [-0.25, -0.2) is 4.98 Å². The van der Waals surface area contributed by atoms with Gasteiger partial charge in [-0.2, -0.15) is 28.7 Å². The van der Waals surface area contributed by atoms with Crippen LogP contribution in [0.25, 0.3) is 11.3 Å². The lowest BCUT2D eigenvalue weighted by Crippen LogP contribution is -2.15. The van der Waals surface area contributed by atoms with Gasteiger partial charge in [0.05, 0.1) is 41.1 Å². The van der Waals surface area contributed by atoms with Crippen LogP contribution in [-0.2, 0) is 11.0 Å². The Kier molecular flexibility index (Phi) is 8.58. The lowest BCUT2D eigenvalue weighted by molar-refractivity contribution is -0.138. The number of thioether (sulfide) groups is 1. The molecule has 1 aromatic heterocycles. The fraction of sp³-hybridized carbons (Fsp3) is 0.107. The van der Waals surface area contributed by atoms with E-state index >= 15 is 0 Å². The Morgan fingerprint density at radius 2 is 1.64 bits per heavy atom. The number of pyridine rings is 1. The number of nitriles is 1. The summed E-state index contributed by atoms with van der Waals surface area (Å²) in [5.41, 5.74) is 0.412. The highest BCUT2D eigenvalue weighted by atomic mass is 32.2. The first-order valence-corrected chi connectivity index (χ1v) is 12.4. The number of nitrogens with one attached hydrogen (secondary N) is 1. The molecule has 0 radical (unpaired) electrons. The van der Waals surface area contributed by atoms with Gasteiger partial charge < -0.3 is 10.1 Å². The number of benzene rings is 3. The highest BCUT2D eigenvalue weighted by molar-refractivity contribution is 8.00. The van der Waals surface area contributed by atoms with Crippen molar-refractivity contribution in [1.29, 1.82) is 5.26 Å². The molecule has 196 valence electrons. The Morgan fingerprint density at radius 3 is 2.23 bits per heavy atom. The number of halogens is 3. The number of anilines is 1. The number of carbonyl (C=O) groups excluding carboxylic acids is 1. The van der Waals surface area contributed by atoms with Crippen molar-refractivity contribution >= 4 is 34.7 Å². The number of hydrogen-bond acceptors (Lipinski definition) is 7. The summed E-state index contributed by atoms with van der Waals surface area (Å²) in [5, 5.41) is 20.2. The molecule has 0 unspecified atom stereocenters. The molecule has 3 aromatic carbocycles. The van der Waals surface area contributed by atoms with E-state index in [0.717, 1.165) is 17.8 Å². The largest absolute Gasteiger partial charge is 0.497 e. The number of rotatable bonds is 8. The van der Waals surface area contributed by atoms with Crippen LogP contribution in [-0.4, -0.2) is 23.8 Å². The van der Waals surface area contributed by atoms with Crippen molar-refractivity contribution in [2.45, 2.75) is 11.2 Å². The Bertz CT molecular complexity index is 1520. The number of ether oxygens (including phenoxy) is 1. The van der Waals surface area contributed by atoms with Gasteiger partial charge in [-0.1, -0.05) is 30.0 Å². The van der Waals surface area contributed by atoms with Crippen LogP contribution < -0.4 is 10.1 Å². The minimum atomic E-state index is -4.79. The van der Waals surface area contributed by atoms with Crippen molar-refractivity contribution in [3.05, 3.63) is 96.1 Å². The van der Waals surface area contributed by atoms with E-state index in [1.165, 1.54) is 7.11 Å². The molecule has 11 heteroatoms. The average Bonchev–Trinajstić information content (AvgIpc) is 2.95. The summed E-state index contributed by atoms with van der Waals surface area (Å²) in [6.45, 7) is 0. The second kappa shape index (κ2) is 12.2. The molecular formula is C28H20F3N5O2S. The molecule has 0 aliphatic carbocycles. The number of amides is 1. The maximum Gasteiger partial charge on any atom is 0.417 e. The maximum atomic E-state index is 13.8. The molecular weight excluding hydrogens is 527 g/mol. The molecule has 0 bridgehead atoms. The molecule has 0 fully saturated rings. The van der Waals surface area contributed by atoms with Crippen LogP contribution in [0.2, 0.25) is 0 Å². The van der Waals surface area contributed by atoms with Gasteiger partial charge in [-0.3, -0.25) is 4.79 Å². The average molecular weight is 548 g/mol. The van der Waals surface area contributed by atoms with Crippen molar-refractivity contribution in [1.82, 2.24) is 4.98 Å². The predicted molar refractivity (Wildman–Crippen MR) is 142 cm³/mol. The molecule has 4 rings (SSSR count). The Morgan fingerprint density at radius 1 is 1.00 bits per heavy atom. The molecule has 4 aromatic rings. The second-order valence-electron chi connectivity index (χ2n) is 7.99. The minimum absolute atomic E-state index is 0.0205. The van der Waals surface area contributed by atoms with Gasteiger partial charge in [0.15, 0.2) is 0 Å². The Labute approximate surface area is 226 Å². The molecule has 0 aliphatic rings. The van der Waals surface area contributed by atoms with Gasteiger partial charge in [0.25, 0.3) is 0 Å². The lowest BCUT2D eigenvalue weighted by Gasteiger charge is -2.14. The first kappa shape index (κ1) is 27.3. The fourth-order valence-electron chi connectivity index (χ4n) is 3.42. The van der Waals surface area contributed by atoms with E-state index in [1.807, 2.05) is 30.3 Å². The van der Waals surface area contributed by atoms with Gasteiger partial charge in [0.1, 0.15) is 16.8 Å². The molecule has 0 atom stereocenters. The van der Waals surface area contributed by atoms with Crippen LogP contribution in [0.1, 0.15) is 11.1 Å². The number of azo groups is 1. The first-order chi connectivity index (χ1) is 18.8.